The van der Waals surface area contributed by atoms with Gasteiger partial charge in [0, 0.05) is 19.5 Å². The molecule has 2 fully saturated rings. The third kappa shape index (κ3) is 6.26. The molecule has 1 atom stereocenters. The maximum Gasteiger partial charge on any atom is 0.0699 e. The SMILES string of the molecule is CC#N.CCC(CCc1ccc(C2(Cl)CC2)c(C2(Cl)CC2)c1)N(C)Cc1ccccc1. The van der Waals surface area contributed by atoms with E-state index in [0.29, 0.717) is 6.04 Å². The Morgan fingerprint density at radius 3 is 2.10 bits per heavy atom. The first kappa shape index (κ1) is 24.1. The van der Waals surface area contributed by atoms with Gasteiger partial charge >= 0.3 is 0 Å². The van der Waals surface area contributed by atoms with Gasteiger partial charge < -0.3 is 0 Å². The van der Waals surface area contributed by atoms with Crippen LogP contribution in [0.5, 0.6) is 0 Å². The maximum absolute atomic E-state index is 7.32. The zero-order valence-corrected chi connectivity index (χ0v) is 20.5. The minimum Gasteiger partial charge on any atom is -0.299 e. The van der Waals surface area contributed by atoms with E-state index < -0.39 is 0 Å². The Labute approximate surface area is 198 Å². The number of alkyl halides is 2. The van der Waals surface area contributed by atoms with E-state index in [1.807, 2.05) is 0 Å². The van der Waals surface area contributed by atoms with E-state index in [-0.39, 0.29) is 9.75 Å². The summed E-state index contributed by atoms with van der Waals surface area (Å²) in [5.74, 6) is 0. The van der Waals surface area contributed by atoms with Crippen LogP contribution in [-0.4, -0.2) is 18.0 Å². The Kier molecular flexibility index (Phi) is 8.08. The van der Waals surface area contributed by atoms with Crippen molar-refractivity contribution >= 4 is 23.2 Å². The molecule has 4 heteroatoms. The fourth-order valence-corrected chi connectivity index (χ4v) is 4.85. The van der Waals surface area contributed by atoms with E-state index in [1.54, 1.807) is 6.07 Å². The molecule has 2 nitrogen and oxygen atoms in total. The van der Waals surface area contributed by atoms with E-state index in [1.165, 1.54) is 42.0 Å². The van der Waals surface area contributed by atoms with Gasteiger partial charge in [0.05, 0.1) is 15.8 Å². The van der Waals surface area contributed by atoms with Crippen LogP contribution in [0.3, 0.4) is 0 Å². The summed E-state index contributed by atoms with van der Waals surface area (Å²) in [7, 11) is 2.25. The second kappa shape index (κ2) is 10.4. The molecule has 0 bridgehead atoms. The highest BCUT2D eigenvalue weighted by Crippen LogP contribution is 2.60. The van der Waals surface area contributed by atoms with Crippen molar-refractivity contribution < 1.29 is 0 Å². The summed E-state index contributed by atoms with van der Waals surface area (Å²) in [5, 5.41) is 7.32. The molecule has 2 aromatic carbocycles. The number of nitrogens with zero attached hydrogens (tertiary/aromatic N) is 2. The van der Waals surface area contributed by atoms with Crippen LogP contribution in [0.2, 0.25) is 0 Å². The average Bonchev–Trinajstić information content (AvgIpc) is 3.69. The topological polar surface area (TPSA) is 27.0 Å². The van der Waals surface area contributed by atoms with Gasteiger partial charge in [0.2, 0.25) is 0 Å². The second-order valence-electron chi connectivity index (χ2n) is 9.04. The number of benzene rings is 2. The van der Waals surface area contributed by atoms with Gasteiger partial charge in [-0.25, -0.2) is 0 Å². The Morgan fingerprint density at radius 1 is 0.968 bits per heavy atom. The van der Waals surface area contributed by atoms with Crippen molar-refractivity contribution in [3.63, 3.8) is 0 Å². The summed E-state index contributed by atoms with van der Waals surface area (Å²) in [4.78, 5) is 2.21. The molecule has 0 N–H and O–H groups in total. The molecule has 1 unspecified atom stereocenters. The van der Waals surface area contributed by atoms with E-state index in [0.717, 1.165) is 38.6 Å². The number of nitriles is 1. The minimum atomic E-state index is -0.149. The molecule has 2 aliphatic carbocycles. The minimum absolute atomic E-state index is 0.139. The molecule has 2 aromatic rings. The molecule has 0 heterocycles. The van der Waals surface area contributed by atoms with E-state index in [9.17, 15) is 0 Å². The van der Waals surface area contributed by atoms with Crippen LogP contribution in [0.15, 0.2) is 48.5 Å². The standard InChI is InChI=1S/C25H31Cl2N.C2H3N/c1-3-21(28(2)18-20-7-5-4-6-8-20)11-9-19-10-12-22(24(26)13-14-24)23(17-19)25(27)15-16-25;1-2-3/h4-8,10,12,17,21H,3,9,11,13-16,18H2,1-2H3;1H3. The van der Waals surface area contributed by atoms with Gasteiger partial charge in [-0.05, 0) is 74.2 Å². The Morgan fingerprint density at radius 2 is 1.55 bits per heavy atom. The van der Waals surface area contributed by atoms with Gasteiger partial charge in [-0.3, -0.25) is 4.90 Å². The van der Waals surface area contributed by atoms with E-state index >= 15 is 0 Å². The molecule has 0 spiro atoms. The van der Waals surface area contributed by atoms with Crippen molar-refractivity contribution in [2.75, 3.05) is 7.05 Å². The first-order chi connectivity index (χ1) is 14.8. The number of rotatable bonds is 9. The van der Waals surface area contributed by atoms with Gasteiger partial charge in [-0.15, -0.1) is 23.2 Å². The highest BCUT2D eigenvalue weighted by molar-refractivity contribution is 6.28. The van der Waals surface area contributed by atoms with Crippen LogP contribution in [0, 0.1) is 11.3 Å². The largest absolute Gasteiger partial charge is 0.299 e. The van der Waals surface area contributed by atoms with Gasteiger partial charge in [0.25, 0.3) is 0 Å². The molecule has 2 aliphatic rings. The molecule has 31 heavy (non-hydrogen) atoms. The van der Waals surface area contributed by atoms with Gasteiger partial charge in [0.1, 0.15) is 0 Å². The maximum atomic E-state index is 7.32. The van der Waals surface area contributed by atoms with Gasteiger partial charge in [-0.2, -0.15) is 5.26 Å². The third-order valence-electron chi connectivity index (χ3n) is 6.56. The summed E-state index contributed by atoms with van der Waals surface area (Å²) in [6, 6.07) is 20.0. The summed E-state index contributed by atoms with van der Waals surface area (Å²) in [6.45, 7) is 4.73. The molecule has 166 valence electrons. The van der Waals surface area contributed by atoms with Crippen LogP contribution in [0.1, 0.15) is 74.6 Å². The molecule has 2 saturated carbocycles. The normalized spacial score (nSPS) is 18.5. The van der Waals surface area contributed by atoms with Crippen LogP contribution < -0.4 is 0 Å². The predicted molar refractivity (Wildman–Crippen MR) is 132 cm³/mol. The van der Waals surface area contributed by atoms with E-state index in [2.05, 4.69) is 67.4 Å². The highest BCUT2D eigenvalue weighted by atomic mass is 35.5. The summed E-state index contributed by atoms with van der Waals surface area (Å²) in [6.07, 6.45) is 7.74. The van der Waals surface area contributed by atoms with Crippen molar-refractivity contribution in [3.05, 3.63) is 70.8 Å². The lowest BCUT2D eigenvalue weighted by atomic mass is 9.93. The molecule has 4 rings (SSSR count). The number of hydrogen-bond donors (Lipinski definition) is 0. The predicted octanol–water partition coefficient (Wildman–Crippen LogP) is 7.52. The first-order valence-electron chi connectivity index (χ1n) is 11.4. The smallest absolute Gasteiger partial charge is 0.0699 e. The van der Waals surface area contributed by atoms with Crippen molar-refractivity contribution in [1.29, 1.82) is 5.26 Å². The molecule has 0 aromatic heterocycles. The Balaban J connectivity index is 0.000000858. The molecule has 0 aliphatic heterocycles. The number of aryl methyl sites for hydroxylation is 1. The molecular formula is C27H34Cl2N2. The lowest BCUT2D eigenvalue weighted by molar-refractivity contribution is 0.216. The van der Waals surface area contributed by atoms with Crippen LogP contribution in [-0.2, 0) is 22.7 Å². The second-order valence-corrected chi connectivity index (χ2v) is 10.5. The highest BCUT2D eigenvalue weighted by Gasteiger charge is 2.50. The van der Waals surface area contributed by atoms with Crippen molar-refractivity contribution in [3.8, 4) is 6.07 Å². The van der Waals surface area contributed by atoms with Crippen molar-refractivity contribution in [2.24, 2.45) is 0 Å². The Bertz CT molecular complexity index is 895. The van der Waals surface area contributed by atoms with Crippen LogP contribution in [0.25, 0.3) is 0 Å². The van der Waals surface area contributed by atoms with Crippen LogP contribution in [0.4, 0.5) is 0 Å². The zero-order chi connectivity index (χ0) is 22.5. The van der Waals surface area contributed by atoms with Crippen molar-refractivity contribution in [2.45, 2.75) is 81.1 Å². The lowest BCUT2D eigenvalue weighted by Crippen LogP contribution is -2.31. The molecule has 0 saturated heterocycles. The number of hydrogen-bond acceptors (Lipinski definition) is 2. The summed E-state index contributed by atoms with van der Waals surface area (Å²) in [5.41, 5.74) is 5.38. The average molecular weight is 457 g/mol. The third-order valence-corrected chi connectivity index (χ3v) is 7.73. The fourth-order valence-electron chi connectivity index (χ4n) is 4.34. The van der Waals surface area contributed by atoms with Crippen molar-refractivity contribution in [1.82, 2.24) is 4.90 Å². The fraction of sp³-hybridized carbons (Fsp3) is 0.519. The zero-order valence-electron chi connectivity index (χ0n) is 19.0. The van der Waals surface area contributed by atoms with Gasteiger partial charge in [-0.1, -0.05) is 55.5 Å². The first-order valence-corrected chi connectivity index (χ1v) is 12.2. The quantitative estimate of drug-likeness (QED) is 0.364. The monoisotopic (exact) mass is 456 g/mol. The van der Waals surface area contributed by atoms with E-state index in [4.69, 9.17) is 28.5 Å². The summed E-state index contributed by atoms with van der Waals surface area (Å²) < 4.78 is 0. The van der Waals surface area contributed by atoms with Crippen LogP contribution >= 0.6 is 23.2 Å². The summed E-state index contributed by atoms with van der Waals surface area (Å²) >= 11 is 13.6. The molecular weight excluding hydrogens is 423 g/mol. The number of halogens is 2. The molecule has 0 amide bonds. The lowest BCUT2D eigenvalue weighted by Gasteiger charge is -2.27. The molecule has 0 radical (unpaired) electrons. The Hall–Kier alpha value is -1.53. The van der Waals surface area contributed by atoms with Gasteiger partial charge in [0.15, 0.2) is 0 Å².